The molecule has 0 radical (unpaired) electrons. The van der Waals surface area contributed by atoms with Crippen LogP contribution < -0.4 is 14.8 Å². The van der Waals surface area contributed by atoms with Gasteiger partial charge in [0.15, 0.2) is 18.1 Å². The summed E-state index contributed by atoms with van der Waals surface area (Å²) in [4.78, 5) is 27.4. The maximum Gasteiger partial charge on any atom is 0.260 e. The van der Waals surface area contributed by atoms with Gasteiger partial charge in [-0.05, 0) is 93.7 Å². The monoisotopic (exact) mass is 470 g/mol. The van der Waals surface area contributed by atoms with E-state index in [1.807, 2.05) is 6.92 Å². The normalized spacial score (nSPS) is 30.6. The summed E-state index contributed by atoms with van der Waals surface area (Å²) in [5.41, 5.74) is 0.822. The molecule has 4 bridgehead atoms. The number of nitrogens with zero attached hydrogens (tertiary/aromatic N) is 1. The third kappa shape index (κ3) is 4.77. The maximum absolute atomic E-state index is 13.2. The maximum atomic E-state index is 13.2. The highest BCUT2D eigenvalue weighted by atomic mass is 16.5. The van der Waals surface area contributed by atoms with Crippen molar-refractivity contribution in [3.8, 4) is 11.5 Å². The summed E-state index contributed by atoms with van der Waals surface area (Å²) in [6.45, 7) is 6.76. The zero-order valence-corrected chi connectivity index (χ0v) is 20.5. The summed E-state index contributed by atoms with van der Waals surface area (Å²) >= 11 is 0. The van der Waals surface area contributed by atoms with Gasteiger partial charge in [0.25, 0.3) is 11.8 Å². The van der Waals surface area contributed by atoms with Crippen molar-refractivity contribution in [1.29, 1.82) is 0 Å². The van der Waals surface area contributed by atoms with E-state index in [1.165, 1.54) is 38.5 Å². The van der Waals surface area contributed by atoms with Crippen LogP contribution >= 0.6 is 0 Å². The molecule has 7 nitrogen and oxygen atoms in total. The van der Waals surface area contributed by atoms with Crippen LogP contribution in [0.5, 0.6) is 11.5 Å². The van der Waals surface area contributed by atoms with E-state index in [1.54, 1.807) is 23.1 Å². The number of ether oxygens (including phenoxy) is 3. The molecular formula is C27H38N2O5. The molecular weight excluding hydrogens is 432 g/mol. The molecule has 1 aromatic rings. The van der Waals surface area contributed by atoms with Crippen LogP contribution in [0.3, 0.4) is 0 Å². The van der Waals surface area contributed by atoms with Gasteiger partial charge >= 0.3 is 0 Å². The predicted molar refractivity (Wildman–Crippen MR) is 128 cm³/mol. The zero-order chi connectivity index (χ0) is 23.7. The van der Waals surface area contributed by atoms with Gasteiger partial charge in [0, 0.05) is 24.7 Å². The number of benzene rings is 1. The number of carbonyl (C=O) groups excluding carboxylic acids is 2. The van der Waals surface area contributed by atoms with Gasteiger partial charge in [0.05, 0.1) is 19.8 Å². The van der Waals surface area contributed by atoms with E-state index >= 15 is 0 Å². The molecule has 1 heterocycles. The lowest BCUT2D eigenvalue weighted by Crippen LogP contribution is -2.55. The SMILES string of the molecule is CCOc1cc(C(=O)N[C@H](C)C23CC4CC(CC(C4)C2)C3)ccc1OCC(=O)N1CCOCC1. The second-order valence-electron chi connectivity index (χ2n) is 10.9. The van der Waals surface area contributed by atoms with Crippen LogP contribution in [0.4, 0.5) is 0 Å². The Kier molecular flexibility index (Phi) is 6.74. The van der Waals surface area contributed by atoms with E-state index in [0.29, 0.717) is 50.0 Å². The molecule has 4 aliphatic carbocycles. The van der Waals surface area contributed by atoms with Crippen LogP contribution in [-0.4, -0.2) is 62.3 Å². The molecule has 1 atom stereocenters. The second kappa shape index (κ2) is 9.76. The van der Waals surface area contributed by atoms with Crippen molar-refractivity contribution >= 4 is 11.8 Å². The molecule has 7 heteroatoms. The summed E-state index contributed by atoms with van der Waals surface area (Å²) in [6, 6.07) is 5.39. The van der Waals surface area contributed by atoms with Gasteiger partial charge in [-0.3, -0.25) is 9.59 Å². The predicted octanol–water partition coefficient (Wildman–Crippen LogP) is 3.66. The Morgan fingerprint density at radius 3 is 2.32 bits per heavy atom. The lowest BCUT2D eigenvalue weighted by atomic mass is 9.48. The van der Waals surface area contributed by atoms with Crippen LogP contribution in [0.1, 0.15) is 62.7 Å². The summed E-state index contributed by atoms with van der Waals surface area (Å²) in [7, 11) is 0. The quantitative estimate of drug-likeness (QED) is 0.628. The molecule has 1 N–H and O–H groups in total. The van der Waals surface area contributed by atoms with Gasteiger partial charge in [0.2, 0.25) is 0 Å². The summed E-state index contributed by atoms with van der Waals surface area (Å²) < 4.78 is 16.9. The largest absolute Gasteiger partial charge is 0.490 e. The first-order valence-electron chi connectivity index (χ1n) is 13.0. The van der Waals surface area contributed by atoms with Gasteiger partial charge < -0.3 is 24.4 Å². The Bertz CT molecular complexity index is 875. The second-order valence-corrected chi connectivity index (χ2v) is 10.9. The highest BCUT2D eigenvalue weighted by Gasteiger charge is 2.53. The lowest BCUT2D eigenvalue weighted by molar-refractivity contribution is -0.137. The molecule has 186 valence electrons. The van der Waals surface area contributed by atoms with E-state index in [0.717, 1.165) is 17.8 Å². The highest BCUT2D eigenvalue weighted by molar-refractivity contribution is 5.95. The zero-order valence-electron chi connectivity index (χ0n) is 20.5. The van der Waals surface area contributed by atoms with Crippen molar-refractivity contribution in [3.05, 3.63) is 23.8 Å². The topological polar surface area (TPSA) is 77.1 Å². The van der Waals surface area contributed by atoms with Crippen LogP contribution in [0.15, 0.2) is 18.2 Å². The summed E-state index contributed by atoms with van der Waals surface area (Å²) in [5.74, 6) is 3.39. The van der Waals surface area contributed by atoms with Gasteiger partial charge in [-0.2, -0.15) is 0 Å². The van der Waals surface area contributed by atoms with Crippen molar-refractivity contribution in [2.75, 3.05) is 39.5 Å². The third-order valence-corrected chi connectivity index (χ3v) is 8.57. The standard InChI is InChI=1S/C27H38N2O5/c1-3-33-24-13-22(4-5-23(24)34-17-25(30)29-6-8-32-9-7-29)26(31)28-18(2)27-14-19-10-20(15-27)12-21(11-19)16-27/h4-5,13,18-21H,3,6-12,14-17H2,1-2H3,(H,28,31)/t18-,19?,20?,21?,27?/m1/s1. The molecule has 4 saturated carbocycles. The van der Waals surface area contributed by atoms with Crippen molar-refractivity contribution in [3.63, 3.8) is 0 Å². The third-order valence-electron chi connectivity index (χ3n) is 8.57. The van der Waals surface area contributed by atoms with Crippen molar-refractivity contribution in [2.24, 2.45) is 23.2 Å². The number of amides is 2. The van der Waals surface area contributed by atoms with Crippen LogP contribution in [0.25, 0.3) is 0 Å². The number of hydrogen-bond acceptors (Lipinski definition) is 5. The minimum absolute atomic E-state index is 0.0608. The van der Waals surface area contributed by atoms with Gasteiger partial charge in [-0.15, -0.1) is 0 Å². The molecule has 1 aliphatic heterocycles. The molecule has 1 aromatic carbocycles. The van der Waals surface area contributed by atoms with E-state index in [2.05, 4.69) is 12.2 Å². The summed E-state index contributed by atoms with van der Waals surface area (Å²) in [5, 5.41) is 3.33. The fraction of sp³-hybridized carbons (Fsp3) is 0.704. The Morgan fingerprint density at radius 1 is 1.06 bits per heavy atom. The first-order chi connectivity index (χ1) is 16.5. The summed E-state index contributed by atoms with van der Waals surface area (Å²) in [6.07, 6.45) is 7.96. The molecule has 0 aromatic heterocycles. The average molecular weight is 471 g/mol. The number of morpholine rings is 1. The number of rotatable bonds is 8. The van der Waals surface area contributed by atoms with E-state index in [-0.39, 0.29) is 29.9 Å². The van der Waals surface area contributed by atoms with Crippen LogP contribution in [0.2, 0.25) is 0 Å². The molecule has 6 rings (SSSR count). The lowest BCUT2D eigenvalue weighted by Gasteiger charge is -2.59. The van der Waals surface area contributed by atoms with Crippen molar-refractivity contribution in [1.82, 2.24) is 10.2 Å². The average Bonchev–Trinajstić information content (AvgIpc) is 2.83. The molecule has 0 unspecified atom stereocenters. The molecule has 34 heavy (non-hydrogen) atoms. The van der Waals surface area contributed by atoms with Gasteiger partial charge in [-0.25, -0.2) is 0 Å². The minimum Gasteiger partial charge on any atom is -0.490 e. The number of nitrogens with one attached hydrogen (secondary N) is 1. The van der Waals surface area contributed by atoms with Crippen molar-refractivity contribution < 1.29 is 23.8 Å². The van der Waals surface area contributed by atoms with Gasteiger partial charge in [-0.1, -0.05) is 0 Å². The molecule has 0 spiro atoms. The smallest absolute Gasteiger partial charge is 0.260 e. The Morgan fingerprint density at radius 2 is 1.71 bits per heavy atom. The van der Waals surface area contributed by atoms with E-state index in [4.69, 9.17) is 14.2 Å². The molecule has 1 saturated heterocycles. The van der Waals surface area contributed by atoms with Crippen LogP contribution in [0, 0.1) is 23.2 Å². The van der Waals surface area contributed by atoms with E-state index in [9.17, 15) is 9.59 Å². The molecule has 5 fully saturated rings. The highest BCUT2D eigenvalue weighted by Crippen LogP contribution is 2.61. The first-order valence-corrected chi connectivity index (χ1v) is 13.0. The van der Waals surface area contributed by atoms with Crippen LogP contribution in [-0.2, 0) is 9.53 Å². The fourth-order valence-electron chi connectivity index (χ4n) is 7.22. The number of carbonyl (C=O) groups is 2. The van der Waals surface area contributed by atoms with E-state index < -0.39 is 0 Å². The molecule has 5 aliphatic rings. The molecule has 2 amide bonds. The fourth-order valence-corrected chi connectivity index (χ4v) is 7.22. The Balaban J connectivity index is 1.23. The first kappa shape index (κ1) is 23.5. The minimum atomic E-state index is -0.0723. The van der Waals surface area contributed by atoms with Crippen molar-refractivity contribution in [2.45, 2.75) is 58.4 Å². The van der Waals surface area contributed by atoms with Gasteiger partial charge in [0.1, 0.15) is 0 Å². The Labute approximate surface area is 202 Å². The number of hydrogen-bond donors (Lipinski definition) is 1. The Hall–Kier alpha value is -2.28.